The number of hydrogen-bond acceptors (Lipinski definition) is 2. The number of benzene rings is 1. The number of hydrogen-bond donors (Lipinski definition) is 2. The van der Waals surface area contributed by atoms with E-state index in [0.717, 1.165) is 29.6 Å². The summed E-state index contributed by atoms with van der Waals surface area (Å²) >= 11 is 0. The molecule has 0 spiro atoms. The molecule has 2 N–H and O–H groups in total. The summed E-state index contributed by atoms with van der Waals surface area (Å²) in [4.78, 5) is 17.7. The molecule has 4 nitrogen and oxygen atoms in total. The first-order valence-corrected chi connectivity index (χ1v) is 6.92. The summed E-state index contributed by atoms with van der Waals surface area (Å²) in [6, 6.07) is 8.92. The number of rotatable bonds is 1. The minimum atomic E-state index is 0.162. The Balaban J connectivity index is 1.62. The maximum atomic E-state index is 12.6. The highest BCUT2D eigenvalue weighted by molar-refractivity contribution is 5.98. The molecule has 2 unspecified atom stereocenters. The number of nitrogens with one attached hydrogen (secondary N) is 2. The van der Waals surface area contributed by atoms with Gasteiger partial charge in [0.05, 0.1) is 0 Å². The van der Waals surface area contributed by atoms with Crippen LogP contribution in [0.15, 0.2) is 30.5 Å². The highest BCUT2D eigenvalue weighted by Crippen LogP contribution is 2.22. The van der Waals surface area contributed by atoms with E-state index < -0.39 is 0 Å². The maximum absolute atomic E-state index is 12.6. The van der Waals surface area contributed by atoms with Crippen LogP contribution in [0, 0.1) is 0 Å². The van der Waals surface area contributed by atoms with Crippen LogP contribution in [0.5, 0.6) is 0 Å². The van der Waals surface area contributed by atoms with Crippen molar-refractivity contribution in [1.29, 1.82) is 0 Å². The van der Waals surface area contributed by atoms with Crippen LogP contribution in [0.2, 0.25) is 0 Å². The zero-order valence-electron chi connectivity index (χ0n) is 10.7. The molecule has 1 aromatic heterocycles. The summed E-state index contributed by atoms with van der Waals surface area (Å²) in [5.74, 6) is 0.162. The average Bonchev–Trinajstić information content (AvgIpc) is 3.03. The van der Waals surface area contributed by atoms with Crippen molar-refractivity contribution in [1.82, 2.24) is 15.2 Å². The lowest BCUT2D eigenvalue weighted by Gasteiger charge is -2.33. The Hall–Kier alpha value is -1.81. The van der Waals surface area contributed by atoms with Gasteiger partial charge in [-0.05, 0) is 36.4 Å². The van der Waals surface area contributed by atoms with E-state index in [1.807, 2.05) is 35.4 Å². The first-order valence-electron chi connectivity index (χ1n) is 6.92. The summed E-state index contributed by atoms with van der Waals surface area (Å²) in [5.41, 5.74) is 1.82. The molecule has 3 heterocycles. The van der Waals surface area contributed by atoms with Crippen molar-refractivity contribution in [2.45, 2.75) is 24.9 Å². The third-order valence-corrected chi connectivity index (χ3v) is 4.31. The molecule has 2 saturated heterocycles. The van der Waals surface area contributed by atoms with Gasteiger partial charge in [0, 0.05) is 42.5 Å². The van der Waals surface area contributed by atoms with E-state index in [9.17, 15) is 4.79 Å². The Kier molecular flexibility index (Phi) is 2.38. The van der Waals surface area contributed by atoms with E-state index in [1.54, 1.807) is 0 Å². The zero-order valence-corrected chi connectivity index (χ0v) is 10.7. The Morgan fingerprint density at radius 2 is 1.95 bits per heavy atom. The van der Waals surface area contributed by atoms with Crippen molar-refractivity contribution in [2.75, 3.05) is 13.1 Å². The van der Waals surface area contributed by atoms with Crippen LogP contribution in [0.1, 0.15) is 23.2 Å². The van der Waals surface area contributed by atoms with Crippen molar-refractivity contribution < 1.29 is 4.79 Å². The number of H-pyrrole nitrogens is 1. The molecule has 19 heavy (non-hydrogen) atoms. The molecule has 0 saturated carbocycles. The summed E-state index contributed by atoms with van der Waals surface area (Å²) < 4.78 is 0. The second-order valence-electron chi connectivity index (χ2n) is 5.63. The van der Waals surface area contributed by atoms with Gasteiger partial charge in [0.1, 0.15) is 0 Å². The monoisotopic (exact) mass is 255 g/mol. The molecule has 2 aromatic rings. The van der Waals surface area contributed by atoms with E-state index in [0.29, 0.717) is 12.1 Å². The first-order chi connectivity index (χ1) is 9.29. The molecule has 1 aromatic carbocycles. The second kappa shape index (κ2) is 4.10. The smallest absolute Gasteiger partial charge is 0.254 e. The van der Waals surface area contributed by atoms with E-state index in [2.05, 4.69) is 10.3 Å². The van der Waals surface area contributed by atoms with Crippen LogP contribution in [0.25, 0.3) is 10.9 Å². The quantitative estimate of drug-likeness (QED) is 0.815. The Morgan fingerprint density at radius 3 is 2.74 bits per heavy atom. The molecular weight excluding hydrogens is 238 g/mol. The van der Waals surface area contributed by atoms with Crippen molar-refractivity contribution in [2.24, 2.45) is 0 Å². The van der Waals surface area contributed by atoms with E-state index in [1.165, 1.54) is 12.8 Å². The van der Waals surface area contributed by atoms with Gasteiger partial charge in [0.15, 0.2) is 0 Å². The highest BCUT2D eigenvalue weighted by atomic mass is 16.2. The van der Waals surface area contributed by atoms with Crippen LogP contribution in [-0.2, 0) is 0 Å². The molecule has 98 valence electrons. The van der Waals surface area contributed by atoms with Gasteiger partial charge >= 0.3 is 0 Å². The van der Waals surface area contributed by atoms with E-state index >= 15 is 0 Å². The summed E-state index contributed by atoms with van der Waals surface area (Å²) in [6.07, 6.45) is 4.30. The molecule has 0 radical (unpaired) electrons. The number of nitrogens with zero attached hydrogens (tertiary/aromatic N) is 1. The lowest BCUT2D eigenvalue weighted by atomic mass is 10.1. The van der Waals surface area contributed by atoms with E-state index in [-0.39, 0.29) is 5.91 Å². The van der Waals surface area contributed by atoms with E-state index in [4.69, 9.17) is 0 Å². The Morgan fingerprint density at radius 1 is 1.16 bits per heavy atom. The van der Waals surface area contributed by atoms with Gasteiger partial charge in [0.2, 0.25) is 0 Å². The molecule has 2 bridgehead atoms. The molecule has 4 heteroatoms. The SMILES string of the molecule is O=C(c1ccc2cc[nH]c2c1)N1CC2CCC(C1)N2. The van der Waals surface area contributed by atoms with Crippen LogP contribution in [0.3, 0.4) is 0 Å². The summed E-state index contributed by atoms with van der Waals surface area (Å²) in [5, 5.41) is 4.70. The normalized spacial score (nSPS) is 26.0. The molecule has 2 aliphatic heterocycles. The predicted octanol–water partition coefficient (Wildman–Crippen LogP) is 1.74. The van der Waals surface area contributed by atoms with Crippen LogP contribution in [0.4, 0.5) is 0 Å². The number of carbonyl (C=O) groups excluding carboxylic acids is 1. The van der Waals surface area contributed by atoms with Gasteiger partial charge in [-0.2, -0.15) is 0 Å². The average molecular weight is 255 g/mol. The lowest BCUT2D eigenvalue weighted by molar-refractivity contribution is 0.0697. The molecule has 1 amide bonds. The van der Waals surface area contributed by atoms with Crippen molar-refractivity contribution in [3.63, 3.8) is 0 Å². The van der Waals surface area contributed by atoms with Crippen molar-refractivity contribution in [3.05, 3.63) is 36.0 Å². The second-order valence-corrected chi connectivity index (χ2v) is 5.63. The standard InChI is InChI=1S/C15H17N3O/c19-15(18-8-12-3-4-13(9-18)17-12)11-2-1-10-5-6-16-14(10)7-11/h1-2,5-7,12-13,16-17H,3-4,8-9H2. The fourth-order valence-electron chi connectivity index (χ4n) is 3.33. The fraction of sp³-hybridized carbons (Fsp3) is 0.400. The maximum Gasteiger partial charge on any atom is 0.254 e. The highest BCUT2D eigenvalue weighted by Gasteiger charge is 2.34. The van der Waals surface area contributed by atoms with Gasteiger partial charge in [-0.1, -0.05) is 6.07 Å². The van der Waals surface area contributed by atoms with Gasteiger partial charge < -0.3 is 15.2 Å². The third kappa shape index (κ3) is 1.83. The Bertz CT molecular complexity index is 621. The number of aromatic amines is 1. The zero-order chi connectivity index (χ0) is 12.8. The van der Waals surface area contributed by atoms with Gasteiger partial charge in [0.25, 0.3) is 5.91 Å². The molecule has 0 aliphatic carbocycles. The summed E-state index contributed by atoms with van der Waals surface area (Å²) in [6.45, 7) is 1.69. The van der Waals surface area contributed by atoms with Gasteiger partial charge in [-0.15, -0.1) is 0 Å². The van der Waals surface area contributed by atoms with Gasteiger partial charge in [-0.25, -0.2) is 0 Å². The summed E-state index contributed by atoms with van der Waals surface area (Å²) in [7, 11) is 0. The van der Waals surface area contributed by atoms with Gasteiger partial charge in [-0.3, -0.25) is 4.79 Å². The van der Waals surface area contributed by atoms with Crippen LogP contribution >= 0.6 is 0 Å². The minimum absolute atomic E-state index is 0.162. The van der Waals surface area contributed by atoms with Crippen molar-refractivity contribution in [3.8, 4) is 0 Å². The van der Waals surface area contributed by atoms with Crippen LogP contribution in [-0.4, -0.2) is 41.0 Å². The number of amides is 1. The third-order valence-electron chi connectivity index (χ3n) is 4.31. The first kappa shape index (κ1) is 11.1. The predicted molar refractivity (Wildman–Crippen MR) is 74.1 cm³/mol. The largest absolute Gasteiger partial charge is 0.361 e. The number of carbonyl (C=O) groups is 1. The number of fused-ring (bicyclic) bond motifs is 3. The van der Waals surface area contributed by atoms with Crippen molar-refractivity contribution >= 4 is 16.8 Å². The topological polar surface area (TPSA) is 48.1 Å². The minimum Gasteiger partial charge on any atom is -0.361 e. The molecule has 2 atom stereocenters. The molecular formula is C15H17N3O. The fourth-order valence-corrected chi connectivity index (χ4v) is 3.33. The number of piperazine rings is 1. The molecule has 2 fully saturated rings. The molecule has 2 aliphatic rings. The lowest BCUT2D eigenvalue weighted by Crippen LogP contribution is -2.53. The number of likely N-dealkylation sites (tertiary alicyclic amines) is 1. The van der Waals surface area contributed by atoms with Crippen LogP contribution < -0.4 is 5.32 Å². The molecule has 4 rings (SSSR count). The Labute approximate surface area is 111 Å². The number of aromatic nitrogens is 1.